The largest absolute Gasteiger partial charge is 0.497 e. The normalized spacial score (nSPS) is 11.7. The van der Waals surface area contributed by atoms with Crippen molar-refractivity contribution in [1.82, 2.24) is 47.9 Å². The van der Waals surface area contributed by atoms with Crippen LogP contribution in [0.15, 0.2) is 24.3 Å². The summed E-state index contributed by atoms with van der Waals surface area (Å²) in [6.45, 7) is 25.5. The number of carbonyl (C=O) groups is 14. The van der Waals surface area contributed by atoms with Crippen LogP contribution in [0.2, 0.25) is 0 Å². The number of amides is 9. The van der Waals surface area contributed by atoms with E-state index in [2.05, 4.69) is 59.6 Å². The molecule has 0 bridgehead atoms. The first-order valence-electron chi connectivity index (χ1n) is 54.1. The van der Waals surface area contributed by atoms with Crippen LogP contribution >= 0.6 is 0 Å². The van der Waals surface area contributed by atoms with E-state index < -0.39 is 52.8 Å². The van der Waals surface area contributed by atoms with E-state index in [1.54, 1.807) is 48.7 Å². The Morgan fingerprint density at radius 2 is 0.537 bits per heavy atom. The maximum absolute atomic E-state index is 13.0. The molecule has 0 spiro atoms. The number of methoxy groups -OCH3 is 1. The molecular weight excluding hydrogens is 1910 g/mol. The van der Waals surface area contributed by atoms with Gasteiger partial charge in [-0.05, 0) is 146 Å². The number of unbranched alkanes of at least 4 members (excludes halogenated alkanes) is 28. The molecule has 852 valence electrons. The number of hydrogen-bond donors (Lipinski definition) is 12. The third-order valence-corrected chi connectivity index (χ3v) is 21.8. The number of nitrogens with two attached hydrogens (primary N) is 1. The maximum Gasteiger partial charge on any atom is 0.332 e. The fourth-order valence-corrected chi connectivity index (χ4v) is 14.0. The highest BCUT2D eigenvalue weighted by molar-refractivity contribution is 5.86. The van der Waals surface area contributed by atoms with Crippen LogP contribution in [0.3, 0.4) is 0 Å². The molecule has 0 aliphatic carbocycles. The third-order valence-electron chi connectivity index (χ3n) is 21.8. The van der Waals surface area contributed by atoms with Crippen LogP contribution in [-0.4, -0.2) is 301 Å². The summed E-state index contributed by atoms with van der Waals surface area (Å²) in [5.41, 5.74) is -0.413. The van der Waals surface area contributed by atoms with Crippen LogP contribution in [0.4, 0.5) is 0 Å². The second-order valence-electron chi connectivity index (χ2n) is 39.1. The maximum atomic E-state index is 13.0. The smallest absolute Gasteiger partial charge is 0.332 e. The van der Waals surface area contributed by atoms with Crippen molar-refractivity contribution in [2.45, 2.75) is 387 Å². The summed E-state index contributed by atoms with van der Waals surface area (Å²) in [7, 11) is 1.67. The number of ether oxygens (including phenoxy) is 13. The van der Waals surface area contributed by atoms with E-state index in [9.17, 15) is 72.2 Å². The zero-order chi connectivity index (χ0) is 109. The van der Waals surface area contributed by atoms with Crippen LogP contribution < -0.4 is 58.5 Å². The summed E-state index contributed by atoms with van der Waals surface area (Å²) in [6, 6.07) is 6.27. The number of carboxylic acids is 2. The molecule has 13 N–H and O–H groups in total. The van der Waals surface area contributed by atoms with E-state index in [-0.39, 0.29) is 176 Å². The molecule has 0 radical (unpaired) electrons. The number of hydrogen-bond acceptors (Lipinski definition) is 29. The molecule has 147 heavy (non-hydrogen) atoms. The van der Waals surface area contributed by atoms with Crippen molar-refractivity contribution < 1.29 is 144 Å². The lowest BCUT2D eigenvalue weighted by atomic mass is 10.0. The second-order valence-corrected chi connectivity index (χ2v) is 39.1. The zero-order valence-corrected chi connectivity index (χ0v) is 91.6. The molecule has 40 nitrogen and oxygen atoms in total. The van der Waals surface area contributed by atoms with Crippen LogP contribution in [0.25, 0.3) is 0 Å². The van der Waals surface area contributed by atoms with Crippen LogP contribution in [-0.2, 0) is 129 Å². The van der Waals surface area contributed by atoms with Crippen LogP contribution in [0, 0.1) is 6.92 Å². The molecule has 0 unspecified atom stereocenters. The van der Waals surface area contributed by atoms with E-state index in [1.807, 2.05) is 45.0 Å². The topological polar surface area (TPSA) is 543 Å². The van der Waals surface area contributed by atoms with E-state index in [4.69, 9.17) is 72.6 Å². The molecule has 40 heteroatoms. The minimum atomic E-state index is -1.06. The predicted molar refractivity (Wildman–Crippen MR) is 561 cm³/mol. The van der Waals surface area contributed by atoms with Gasteiger partial charge in [0.25, 0.3) is 0 Å². The van der Waals surface area contributed by atoms with Gasteiger partial charge in [0, 0.05) is 116 Å². The number of aryl methyl sites for hydroxylation is 1. The van der Waals surface area contributed by atoms with Gasteiger partial charge in [-0.2, -0.15) is 0 Å². The van der Waals surface area contributed by atoms with Gasteiger partial charge in [-0.15, -0.1) is 0 Å². The molecule has 0 aromatic heterocycles. The lowest BCUT2D eigenvalue weighted by Gasteiger charge is -2.24. The van der Waals surface area contributed by atoms with E-state index in [1.165, 1.54) is 102 Å². The summed E-state index contributed by atoms with van der Waals surface area (Å²) < 4.78 is 69.7. The molecule has 0 aliphatic rings. The SMILES string of the molecule is CC(C)(C)OC(=O)CCCCCCCCCCCCCCCCC(=O)N[C@@H](CCCCNC(=O)CCOCCOCCNC(=O)CCOCCOCCNC(=O)CCOCC(=O)OC(C)(C)C)C(=O)OC(C)(C)C.COc1ccc(C)cc1.NOCCNC(=O)CCC(=O)NCCOCCOCCC(=O)NCCOCCOCCC(=O)NCCCC[C@H](NC(=O)CCCCCCCCCCCCCCCCC(=O)O)C(=O)O. The third kappa shape index (κ3) is 107. The summed E-state index contributed by atoms with van der Waals surface area (Å²) in [4.78, 5) is 172. The van der Waals surface area contributed by atoms with Gasteiger partial charge in [-0.3, -0.25) is 52.7 Å². The first-order valence-corrected chi connectivity index (χ1v) is 54.1. The van der Waals surface area contributed by atoms with E-state index >= 15 is 0 Å². The van der Waals surface area contributed by atoms with Crippen LogP contribution in [0.5, 0.6) is 5.75 Å². The molecule has 0 saturated carbocycles. The number of esters is 3. The van der Waals surface area contributed by atoms with Gasteiger partial charge in [-0.25, -0.2) is 20.3 Å². The number of carbonyl (C=O) groups excluding carboxylic acids is 12. The average molecular weight is 2100 g/mol. The molecule has 1 aromatic rings. The molecule has 2 atom stereocenters. The van der Waals surface area contributed by atoms with Gasteiger partial charge in [0.05, 0.1) is 126 Å². The highest BCUT2D eigenvalue weighted by atomic mass is 16.6. The molecule has 1 aromatic carbocycles. The molecule has 0 fully saturated rings. The number of nitrogens with one attached hydrogen (secondary N) is 9. The van der Waals surface area contributed by atoms with Crippen molar-refractivity contribution in [2.24, 2.45) is 5.90 Å². The Bertz CT molecular complexity index is 3530. The van der Waals surface area contributed by atoms with Gasteiger partial charge < -0.3 is 124 Å². The quantitative estimate of drug-likeness (QED) is 0.0125. The van der Waals surface area contributed by atoms with E-state index in [0.29, 0.717) is 163 Å². The Morgan fingerprint density at radius 3 is 0.844 bits per heavy atom. The lowest BCUT2D eigenvalue weighted by Crippen LogP contribution is -2.44. The molecule has 9 amide bonds. The van der Waals surface area contributed by atoms with Crippen molar-refractivity contribution >= 4 is 83.0 Å². The Hall–Kier alpha value is -8.84. The zero-order valence-electron chi connectivity index (χ0n) is 91.6. The fourth-order valence-electron chi connectivity index (χ4n) is 14.0. The summed E-state index contributed by atoms with van der Waals surface area (Å²) in [5.74, 6) is 1.19. The van der Waals surface area contributed by atoms with Crippen molar-refractivity contribution in [1.29, 1.82) is 0 Å². The standard InChI is InChI=1S/C55H102N4O15.C44H82N6O14.C8H10O/c1-53(2,3)72-50(64)28-23-21-19-17-15-13-11-10-12-14-16-18-20-22-27-49(63)59-45(52(66)74-55(7,8)9)26-24-25-32-56-46(60)29-35-67-40-42-69-38-33-57-47(61)30-36-68-41-43-70-39-34-58-48(62)31-37-71-44-51(65)73-54(4,5)6;45-64-32-27-49-39(52)21-20-38(51)47-25-30-62-35-34-61-29-23-41(54)48-26-31-63-36-33-60-28-22-40(53)46-24-16-15-17-37(44(58)59)50-42(55)18-13-11-9-7-5-3-1-2-4-6-8-10-12-14-19-43(56)57;1-7-3-5-8(9-2)6-4-7/h45H,10-44H2,1-9H3,(H,56,60)(H,57,61)(H,58,62)(H,59,63);37H,1-36,45H2,(H,46,53)(H,47,51)(H,48,54)(H,49,52)(H,50,55)(H,56,57)(H,58,59);3-6H,1-2H3/t45-;37-;/m00./s1. The Morgan fingerprint density at radius 1 is 0.272 bits per heavy atom. The average Bonchev–Trinajstić information content (AvgIpc) is 0.887. The Labute approximate surface area is 877 Å². The first-order chi connectivity index (χ1) is 70.4. The first kappa shape index (κ1) is 140. The van der Waals surface area contributed by atoms with Gasteiger partial charge in [0.15, 0.2) is 0 Å². The summed E-state index contributed by atoms with van der Waals surface area (Å²) >= 11 is 0. The minimum Gasteiger partial charge on any atom is -0.497 e. The Kier molecular flexibility index (Phi) is 93.4. The molecule has 1 rings (SSSR count). The summed E-state index contributed by atoms with van der Waals surface area (Å²) in [6.07, 6.45) is 36.7. The molecule has 0 saturated heterocycles. The highest BCUT2D eigenvalue weighted by Gasteiger charge is 2.28. The van der Waals surface area contributed by atoms with Gasteiger partial charge in [0.2, 0.25) is 53.2 Å². The van der Waals surface area contributed by atoms with Gasteiger partial charge in [0.1, 0.15) is 41.2 Å². The van der Waals surface area contributed by atoms with Crippen molar-refractivity contribution in [3.05, 3.63) is 29.8 Å². The number of rotatable bonds is 96. The number of carboxylic acid groups (broad SMARTS) is 2. The monoisotopic (exact) mass is 2100 g/mol. The van der Waals surface area contributed by atoms with Crippen LogP contribution in [0.1, 0.15) is 357 Å². The predicted octanol–water partition coefficient (Wildman–Crippen LogP) is 12.5. The summed E-state index contributed by atoms with van der Waals surface area (Å²) in [5, 5.41) is 42.8. The Balaban J connectivity index is 0. The molecular formula is C107H194N10O30. The van der Waals surface area contributed by atoms with Crippen molar-refractivity contribution in [2.75, 3.05) is 178 Å². The highest BCUT2D eigenvalue weighted by Crippen LogP contribution is 2.20. The van der Waals surface area contributed by atoms with Gasteiger partial charge >= 0.3 is 29.8 Å². The minimum absolute atomic E-state index is 0.0630. The molecule has 0 heterocycles. The lowest BCUT2D eigenvalue weighted by molar-refractivity contribution is -0.161. The van der Waals surface area contributed by atoms with Crippen molar-refractivity contribution in [3.8, 4) is 5.75 Å². The molecule has 0 aliphatic heterocycles. The fraction of sp³-hybridized carbons (Fsp3) is 0.813. The number of benzene rings is 1. The number of aliphatic carboxylic acids is 2. The second kappa shape index (κ2) is 97.9. The van der Waals surface area contributed by atoms with E-state index in [0.717, 1.165) is 89.2 Å². The van der Waals surface area contributed by atoms with Crippen molar-refractivity contribution in [3.63, 3.8) is 0 Å². The van der Waals surface area contributed by atoms with Gasteiger partial charge in [-0.1, -0.05) is 172 Å².